The van der Waals surface area contributed by atoms with Crippen LogP contribution < -0.4 is 21.1 Å². The Morgan fingerprint density at radius 1 is 1.00 bits per heavy atom. The van der Waals surface area contributed by atoms with Crippen molar-refractivity contribution in [2.24, 2.45) is 0 Å². The number of nitrogens with two attached hydrogens (primary N) is 1. The third-order valence-electron chi connectivity index (χ3n) is 3.71. The molecule has 3 rings (SSSR count). The van der Waals surface area contributed by atoms with Gasteiger partial charge in [-0.1, -0.05) is 17.7 Å². The Kier molecular flexibility index (Phi) is 4.98. The second kappa shape index (κ2) is 7.52. The van der Waals surface area contributed by atoms with Crippen LogP contribution in [-0.2, 0) is 0 Å². The monoisotopic (exact) mass is 349 g/mol. The van der Waals surface area contributed by atoms with E-state index in [9.17, 15) is 4.79 Å². The summed E-state index contributed by atoms with van der Waals surface area (Å²) in [6, 6.07) is 14.4. The molecule has 3 aromatic rings. The molecule has 1 heterocycles. The van der Waals surface area contributed by atoms with Crippen LogP contribution in [0.4, 0.5) is 22.0 Å². The second-order valence-corrected chi connectivity index (χ2v) is 5.67. The molecule has 7 heteroatoms. The molecule has 0 saturated heterocycles. The number of rotatable bonds is 4. The number of ether oxygens (including phenoxy) is 1. The molecule has 0 saturated carbocycles. The van der Waals surface area contributed by atoms with E-state index in [4.69, 9.17) is 10.5 Å². The highest BCUT2D eigenvalue weighted by Crippen LogP contribution is 2.23. The van der Waals surface area contributed by atoms with Gasteiger partial charge in [0.25, 0.3) is 0 Å². The summed E-state index contributed by atoms with van der Waals surface area (Å²) in [5.74, 6) is 1.19. The summed E-state index contributed by atoms with van der Waals surface area (Å²) in [4.78, 5) is 20.5. The molecule has 2 amide bonds. The molecule has 0 radical (unpaired) electrons. The lowest BCUT2D eigenvalue weighted by molar-refractivity contribution is 0.262. The van der Waals surface area contributed by atoms with Crippen LogP contribution in [0.1, 0.15) is 5.56 Å². The summed E-state index contributed by atoms with van der Waals surface area (Å²) < 4.78 is 5.05. The minimum absolute atomic E-state index is 0.275. The Morgan fingerprint density at radius 2 is 1.58 bits per heavy atom. The van der Waals surface area contributed by atoms with Crippen molar-refractivity contribution in [1.29, 1.82) is 0 Å². The maximum atomic E-state index is 12.1. The first kappa shape index (κ1) is 17.2. The van der Waals surface area contributed by atoms with Crippen LogP contribution in [-0.4, -0.2) is 23.1 Å². The van der Waals surface area contributed by atoms with Crippen LogP contribution in [0.3, 0.4) is 0 Å². The number of nitrogens with one attached hydrogen (secondary N) is 2. The van der Waals surface area contributed by atoms with Crippen molar-refractivity contribution in [3.05, 3.63) is 60.3 Å². The number of hydrogen-bond acceptors (Lipinski definition) is 5. The van der Waals surface area contributed by atoms with E-state index in [0.717, 1.165) is 16.8 Å². The van der Waals surface area contributed by atoms with Gasteiger partial charge in [-0.15, -0.1) is 0 Å². The van der Waals surface area contributed by atoms with Gasteiger partial charge in [0.2, 0.25) is 0 Å². The van der Waals surface area contributed by atoms with Gasteiger partial charge in [0.05, 0.1) is 13.3 Å². The maximum absolute atomic E-state index is 12.1. The predicted molar refractivity (Wildman–Crippen MR) is 102 cm³/mol. The fourth-order valence-electron chi connectivity index (χ4n) is 2.31. The molecule has 7 nitrogen and oxygen atoms in total. The van der Waals surface area contributed by atoms with Gasteiger partial charge in [0, 0.05) is 16.9 Å². The predicted octanol–water partition coefficient (Wildman–Crippen LogP) is 3.69. The van der Waals surface area contributed by atoms with E-state index in [0.29, 0.717) is 17.3 Å². The van der Waals surface area contributed by atoms with Gasteiger partial charge in [-0.3, -0.25) is 0 Å². The number of hydrogen-bond donors (Lipinski definition) is 3. The fraction of sp³-hybridized carbons (Fsp3) is 0.105. The maximum Gasteiger partial charge on any atom is 0.323 e. The second-order valence-electron chi connectivity index (χ2n) is 5.67. The summed E-state index contributed by atoms with van der Waals surface area (Å²) in [5, 5.41) is 5.56. The number of nitrogens with zero attached hydrogens (tertiary/aromatic N) is 2. The highest BCUT2D eigenvalue weighted by atomic mass is 16.5. The van der Waals surface area contributed by atoms with Crippen molar-refractivity contribution in [2.75, 3.05) is 23.5 Å². The number of amides is 2. The Morgan fingerprint density at radius 3 is 2.12 bits per heavy atom. The number of carbonyl (C=O) groups excluding carboxylic acids is 1. The Labute approximate surface area is 151 Å². The number of aryl methyl sites for hydroxylation is 1. The van der Waals surface area contributed by atoms with Crippen LogP contribution >= 0.6 is 0 Å². The molecule has 26 heavy (non-hydrogen) atoms. The van der Waals surface area contributed by atoms with Crippen molar-refractivity contribution in [2.45, 2.75) is 6.92 Å². The molecule has 2 aromatic carbocycles. The Hall–Kier alpha value is -3.61. The van der Waals surface area contributed by atoms with E-state index in [2.05, 4.69) is 20.6 Å². The zero-order chi connectivity index (χ0) is 18.5. The van der Waals surface area contributed by atoms with Crippen LogP contribution in [0.25, 0.3) is 11.4 Å². The molecule has 1 aromatic heterocycles. The zero-order valence-electron chi connectivity index (χ0n) is 14.5. The normalized spacial score (nSPS) is 10.2. The molecular weight excluding hydrogens is 330 g/mol. The molecule has 0 bridgehead atoms. The van der Waals surface area contributed by atoms with Crippen molar-refractivity contribution in [1.82, 2.24) is 9.97 Å². The Bertz CT molecular complexity index is 908. The molecule has 0 unspecified atom stereocenters. The standard InChI is InChI=1S/C19H19N5O2/c1-12-3-7-14(8-4-12)22-19(25)23-15-9-5-13(6-10-15)18-21-11-16(26-2)17(20)24-18/h3-11H,1-2H3,(H2,20,21,24)(H2,22,23,25). The first-order valence-electron chi connectivity index (χ1n) is 7.97. The van der Waals surface area contributed by atoms with Gasteiger partial charge >= 0.3 is 6.03 Å². The van der Waals surface area contributed by atoms with Crippen molar-refractivity contribution in [3.63, 3.8) is 0 Å². The highest BCUT2D eigenvalue weighted by molar-refractivity contribution is 5.99. The number of aromatic nitrogens is 2. The molecular formula is C19H19N5O2. The lowest BCUT2D eigenvalue weighted by Crippen LogP contribution is -2.19. The van der Waals surface area contributed by atoms with Gasteiger partial charge in [-0.25, -0.2) is 14.8 Å². The smallest absolute Gasteiger partial charge is 0.323 e. The summed E-state index contributed by atoms with van der Waals surface area (Å²) in [5.41, 5.74) is 9.10. The van der Waals surface area contributed by atoms with E-state index in [1.54, 1.807) is 12.1 Å². The summed E-state index contributed by atoms with van der Waals surface area (Å²) in [6.07, 6.45) is 1.53. The molecule has 0 aliphatic heterocycles. The summed E-state index contributed by atoms with van der Waals surface area (Å²) >= 11 is 0. The molecule has 4 N–H and O–H groups in total. The number of urea groups is 1. The van der Waals surface area contributed by atoms with E-state index < -0.39 is 0 Å². The van der Waals surface area contributed by atoms with E-state index in [1.807, 2.05) is 43.3 Å². The third-order valence-corrected chi connectivity index (χ3v) is 3.71. The quantitative estimate of drug-likeness (QED) is 0.667. The number of benzene rings is 2. The van der Waals surface area contributed by atoms with Crippen LogP contribution in [0.2, 0.25) is 0 Å². The lowest BCUT2D eigenvalue weighted by Gasteiger charge is -2.09. The average Bonchev–Trinajstić information content (AvgIpc) is 2.64. The zero-order valence-corrected chi connectivity index (χ0v) is 14.5. The molecule has 132 valence electrons. The lowest BCUT2D eigenvalue weighted by atomic mass is 10.2. The van der Waals surface area contributed by atoms with Crippen LogP contribution in [0.15, 0.2) is 54.7 Å². The first-order chi connectivity index (χ1) is 12.5. The van der Waals surface area contributed by atoms with Crippen LogP contribution in [0.5, 0.6) is 5.75 Å². The molecule has 0 aliphatic carbocycles. The van der Waals surface area contributed by atoms with Gasteiger partial charge in [-0.2, -0.15) is 0 Å². The van der Waals surface area contributed by atoms with Crippen molar-refractivity contribution < 1.29 is 9.53 Å². The molecule has 0 spiro atoms. The van der Waals surface area contributed by atoms with Gasteiger partial charge in [0.15, 0.2) is 17.4 Å². The minimum Gasteiger partial charge on any atom is -0.491 e. The number of carbonyl (C=O) groups is 1. The van der Waals surface area contributed by atoms with Gasteiger partial charge in [-0.05, 0) is 43.3 Å². The molecule has 0 fully saturated rings. The summed E-state index contributed by atoms with van der Waals surface area (Å²) in [7, 11) is 1.51. The van der Waals surface area contributed by atoms with Gasteiger partial charge < -0.3 is 21.1 Å². The van der Waals surface area contributed by atoms with Gasteiger partial charge in [0.1, 0.15) is 0 Å². The number of nitrogen functional groups attached to an aromatic ring is 1. The Balaban J connectivity index is 1.66. The first-order valence-corrected chi connectivity index (χ1v) is 7.97. The van der Waals surface area contributed by atoms with Crippen LogP contribution in [0, 0.1) is 6.92 Å². The average molecular weight is 349 g/mol. The van der Waals surface area contributed by atoms with E-state index in [1.165, 1.54) is 13.3 Å². The largest absolute Gasteiger partial charge is 0.491 e. The molecule has 0 aliphatic rings. The van der Waals surface area contributed by atoms with E-state index in [-0.39, 0.29) is 11.8 Å². The van der Waals surface area contributed by atoms with E-state index >= 15 is 0 Å². The fourth-order valence-corrected chi connectivity index (χ4v) is 2.31. The third kappa shape index (κ3) is 4.07. The number of methoxy groups -OCH3 is 1. The van der Waals surface area contributed by atoms with Crippen molar-refractivity contribution >= 4 is 23.2 Å². The summed E-state index contributed by atoms with van der Waals surface area (Å²) in [6.45, 7) is 1.99. The minimum atomic E-state index is -0.313. The SMILES string of the molecule is COc1cnc(-c2ccc(NC(=O)Nc3ccc(C)cc3)cc2)nc1N. The highest BCUT2D eigenvalue weighted by Gasteiger charge is 2.07. The molecule has 0 atom stereocenters. The topological polar surface area (TPSA) is 102 Å². The van der Waals surface area contributed by atoms with Crippen molar-refractivity contribution in [3.8, 4) is 17.1 Å². The number of anilines is 3.